The van der Waals surface area contributed by atoms with E-state index in [-0.39, 0.29) is 29.2 Å². The van der Waals surface area contributed by atoms with Crippen LogP contribution in [0.5, 0.6) is 0 Å². The van der Waals surface area contributed by atoms with Gasteiger partial charge in [-0.15, -0.1) is 0 Å². The molecule has 28 heavy (non-hydrogen) atoms. The van der Waals surface area contributed by atoms with Gasteiger partial charge in [0.25, 0.3) is 0 Å². The maximum absolute atomic E-state index is 14.2. The van der Waals surface area contributed by atoms with Gasteiger partial charge in [-0.3, -0.25) is 0 Å². The van der Waals surface area contributed by atoms with Crippen molar-refractivity contribution in [3.63, 3.8) is 0 Å². The number of benzene rings is 1. The van der Waals surface area contributed by atoms with Gasteiger partial charge in [0.1, 0.15) is 17.7 Å². The number of carbonyl (C=O) groups is 1. The lowest BCUT2D eigenvalue weighted by Gasteiger charge is -2.36. The summed E-state index contributed by atoms with van der Waals surface area (Å²) in [4.78, 5) is 20.4. The first kappa shape index (κ1) is 17.6. The monoisotopic (exact) mass is 446 g/mol. The quantitative estimate of drug-likeness (QED) is 0.642. The lowest BCUT2D eigenvalue weighted by Crippen LogP contribution is -2.26. The van der Waals surface area contributed by atoms with Gasteiger partial charge in [0.2, 0.25) is 0 Å². The Morgan fingerprint density at radius 2 is 2.14 bits per heavy atom. The molecule has 1 aromatic carbocycles. The van der Waals surface area contributed by atoms with Crippen LogP contribution in [0.2, 0.25) is 0 Å². The third kappa shape index (κ3) is 2.32. The number of imidazole rings is 2. The van der Waals surface area contributed by atoms with Gasteiger partial charge in [-0.05, 0) is 52.4 Å². The number of aryl methyl sites for hydroxylation is 1. The molecule has 144 valence electrons. The minimum absolute atomic E-state index is 0.00714. The Morgan fingerprint density at radius 1 is 1.39 bits per heavy atom. The van der Waals surface area contributed by atoms with Crippen molar-refractivity contribution in [2.45, 2.75) is 30.9 Å². The predicted octanol–water partition coefficient (Wildman–Crippen LogP) is 3.40. The number of halogens is 2. The first-order valence-electron chi connectivity index (χ1n) is 8.85. The van der Waals surface area contributed by atoms with E-state index in [1.807, 2.05) is 4.57 Å². The third-order valence-corrected chi connectivity index (χ3v) is 6.40. The fraction of sp³-hybridized carbons (Fsp3) is 0.316. The van der Waals surface area contributed by atoms with Gasteiger partial charge in [-0.25, -0.2) is 19.2 Å². The van der Waals surface area contributed by atoms with Crippen molar-refractivity contribution >= 4 is 21.9 Å². The van der Waals surface area contributed by atoms with Crippen LogP contribution in [0.15, 0.2) is 29.1 Å². The smallest absolute Gasteiger partial charge is 0.356 e. The Morgan fingerprint density at radius 3 is 2.79 bits per heavy atom. The molecule has 0 spiro atoms. The molecule has 2 N–H and O–H groups in total. The topological polar surface area (TPSA) is 93.2 Å². The molecule has 3 aromatic rings. The van der Waals surface area contributed by atoms with Gasteiger partial charge in [0, 0.05) is 18.7 Å². The second kappa shape index (κ2) is 5.99. The van der Waals surface area contributed by atoms with E-state index in [4.69, 9.17) is 0 Å². The van der Waals surface area contributed by atoms with Crippen LogP contribution >= 0.6 is 15.9 Å². The Hall–Kier alpha value is -2.52. The Bertz CT molecular complexity index is 1130. The molecule has 2 bridgehead atoms. The SMILES string of the molecule is Cn1cncc1C(O)c1c(C(=O)O)nc2n1C1CC(C1)c1cc(F)c(Br)cc1-2. The van der Waals surface area contributed by atoms with Crippen LogP contribution < -0.4 is 0 Å². The molecule has 0 amide bonds. The molecule has 6 rings (SSSR count). The van der Waals surface area contributed by atoms with Gasteiger partial charge in [-0.1, -0.05) is 0 Å². The zero-order chi connectivity index (χ0) is 19.7. The van der Waals surface area contributed by atoms with E-state index in [0.29, 0.717) is 21.6 Å². The highest BCUT2D eigenvalue weighted by molar-refractivity contribution is 9.10. The van der Waals surface area contributed by atoms with Crippen LogP contribution in [0.1, 0.15) is 58.3 Å². The Balaban J connectivity index is 1.80. The molecule has 7 nitrogen and oxygen atoms in total. The van der Waals surface area contributed by atoms with Crippen LogP contribution in [-0.4, -0.2) is 35.3 Å². The summed E-state index contributed by atoms with van der Waals surface area (Å²) in [6, 6.07) is 3.16. The summed E-state index contributed by atoms with van der Waals surface area (Å²) < 4.78 is 17.9. The van der Waals surface area contributed by atoms with Crippen LogP contribution in [0, 0.1) is 5.82 Å². The molecular formula is C19H16BrFN4O3. The summed E-state index contributed by atoms with van der Waals surface area (Å²) in [7, 11) is 1.74. The molecule has 1 atom stereocenters. The number of rotatable bonds is 3. The highest BCUT2D eigenvalue weighted by Gasteiger charge is 2.43. The first-order valence-corrected chi connectivity index (χ1v) is 9.65. The van der Waals surface area contributed by atoms with Gasteiger partial charge >= 0.3 is 5.97 Å². The van der Waals surface area contributed by atoms with Crippen LogP contribution in [0.4, 0.5) is 4.39 Å². The lowest BCUT2D eigenvalue weighted by atomic mass is 9.75. The summed E-state index contributed by atoms with van der Waals surface area (Å²) in [5, 5.41) is 20.8. The van der Waals surface area contributed by atoms with Gasteiger partial charge in [-0.2, -0.15) is 0 Å². The van der Waals surface area contributed by atoms with E-state index in [1.165, 1.54) is 12.3 Å². The molecule has 0 radical (unpaired) electrons. The average molecular weight is 447 g/mol. The molecule has 1 saturated carbocycles. The molecule has 1 aliphatic carbocycles. The second-order valence-electron chi connectivity index (χ2n) is 7.35. The molecule has 2 aromatic heterocycles. The summed E-state index contributed by atoms with van der Waals surface area (Å²) in [6.07, 6.45) is 3.37. The first-order chi connectivity index (χ1) is 13.4. The minimum atomic E-state index is -1.21. The highest BCUT2D eigenvalue weighted by atomic mass is 79.9. The summed E-state index contributed by atoms with van der Waals surface area (Å²) in [5.74, 6) is -0.917. The predicted molar refractivity (Wildman–Crippen MR) is 101 cm³/mol. The number of hydrogen-bond donors (Lipinski definition) is 2. The van der Waals surface area contributed by atoms with Crippen molar-refractivity contribution in [2.24, 2.45) is 7.05 Å². The molecule has 0 saturated heterocycles. The maximum Gasteiger partial charge on any atom is 0.356 e. The number of aliphatic hydroxyl groups excluding tert-OH is 1. The van der Waals surface area contributed by atoms with Crippen molar-refractivity contribution < 1.29 is 19.4 Å². The molecule has 4 heterocycles. The fourth-order valence-corrected chi connectivity index (χ4v) is 4.68. The summed E-state index contributed by atoms with van der Waals surface area (Å²) >= 11 is 3.22. The number of hydrogen-bond acceptors (Lipinski definition) is 4. The Kier molecular flexibility index (Phi) is 3.76. The molecule has 2 aliphatic heterocycles. The standard InChI is InChI=1S/C19H16BrFN4O3/c1-24-7-22-6-14(24)17(26)16-15(19(27)28)23-18-11-4-12(20)13(21)5-10(11)8-2-9(3-8)25(16)18/h4-9,17,26H,2-3H2,1H3,(H,27,28). The second-order valence-corrected chi connectivity index (χ2v) is 8.21. The van der Waals surface area contributed by atoms with E-state index in [1.54, 1.807) is 24.0 Å². The number of aromatic nitrogens is 4. The average Bonchev–Trinajstić information content (AvgIpc) is 3.15. The number of carboxylic acid groups (broad SMARTS) is 1. The van der Waals surface area contributed by atoms with E-state index in [0.717, 1.165) is 18.4 Å². The van der Waals surface area contributed by atoms with Gasteiger partial charge < -0.3 is 19.3 Å². The van der Waals surface area contributed by atoms with Gasteiger partial charge in [0.05, 0.1) is 28.4 Å². The van der Waals surface area contributed by atoms with Crippen molar-refractivity contribution in [1.29, 1.82) is 0 Å². The van der Waals surface area contributed by atoms with E-state index < -0.39 is 12.1 Å². The molecule has 9 heteroatoms. The fourth-order valence-electron chi connectivity index (χ4n) is 4.34. The third-order valence-electron chi connectivity index (χ3n) is 5.80. The highest BCUT2D eigenvalue weighted by Crippen LogP contribution is 2.54. The van der Waals surface area contributed by atoms with Crippen LogP contribution in [0.3, 0.4) is 0 Å². The van der Waals surface area contributed by atoms with E-state index >= 15 is 0 Å². The van der Waals surface area contributed by atoms with Crippen molar-refractivity contribution in [3.05, 3.63) is 57.6 Å². The normalized spacial score (nSPS) is 20.7. The minimum Gasteiger partial charge on any atom is -0.476 e. The van der Waals surface area contributed by atoms with Crippen LogP contribution in [0.25, 0.3) is 11.4 Å². The lowest BCUT2D eigenvalue weighted by molar-refractivity contribution is 0.0683. The van der Waals surface area contributed by atoms with Crippen LogP contribution in [-0.2, 0) is 7.05 Å². The molecule has 1 fully saturated rings. The largest absolute Gasteiger partial charge is 0.476 e. The number of aliphatic hydroxyl groups is 1. The number of carboxylic acids is 1. The van der Waals surface area contributed by atoms with Crippen molar-refractivity contribution in [1.82, 2.24) is 19.1 Å². The van der Waals surface area contributed by atoms with E-state index in [9.17, 15) is 19.4 Å². The Labute approximate surface area is 167 Å². The summed E-state index contributed by atoms with van der Waals surface area (Å²) in [6.45, 7) is 0. The maximum atomic E-state index is 14.2. The number of aromatic carboxylic acids is 1. The number of nitrogens with zero attached hydrogens (tertiary/aromatic N) is 4. The van der Waals surface area contributed by atoms with E-state index in [2.05, 4.69) is 25.9 Å². The zero-order valence-corrected chi connectivity index (χ0v) is 16.4. The summed E-state index contributed by atoms with van der Waals surface area (Å²) in [5.41, 5.74) is 2.05. The molecule has 3 aliphatic rings. The molecule has 1 unspecified atom stereocenters. The zero-order valence-electron chi connectivity index (χ0n) is 14.8. The van der Waals surface area contributed by atoms with Gasteiger partial charge in [0.15, 0.2) is 5.69 Å². The molecular weight excluding hydrogens is 431 g/mol. The van der Waals surface area contributed by atoms with Crippen molar-refractivity contribution in [3.8, 4) is 11.4 Å². The van der Waals surface area contributed by atoms with Crippen molar-refractivity contribution in [2.75, 3.05) is 0 Å².